The lowest BCUT2D eigenvalue weighted by molar-refractivity contribution is -0.114. The second kappa shape index (κ2) is 6.20. The highest BCUT2D eigenvalue weighted by molar-refractivity contribution is 9.10. The van der Waals surface area contributed by atoms with Crippen LogP contribution in [0.4, 0.5) is 5.69 Å². The third-order valence-corrected chi connectivity index (χ3v) is 3.57. The Morgan fingerprint density at radius 1 is 1.10 bits per heavy atom. The van der Waals surface area contributed by atoms with Crippen molar-refractivity contribution >= 4 is 44.9 Å². The number of rotatable bonds is 3. The van der Waals surface area contributed by atoms with E-state index in [0.29, 0.717) is 26.3 Å². The van der Waals surface area contributed by atoms with Gasteiger partial charge in [0, 0.05) is 33.2 Å². The smallest absolute Gasteiger partial charge is 0.221 e. The molecule has 2 aromatic carbocycles. The largest absolute Gasteiger partial charge is 0.326 e. The van der Waals surface area contributed by atoms with Crippen LogP contribution in [0.15, 0.2) is 46.9 Å². The fraction of sp³-hybridized carbons (Fsp3) is 0.0667. The average Bonchev–Trinajstić information content (AvgIpc) is 2.41. The van der Waals surface area contributed by atoms with Crippen LogP contribution in [-0.2, 0) is 4.79 Å². The maximum absolute atomic E-state index is 12.4. The van der Waals surface area contributed by atoms with Crippen LogP contribution in [0.1, 0.15) is 22.8 Å². The second-order valence-electron chi connectivity index (χ2n) is 4.21. The number of nitrogens with one attached hydrogen (secondary N) is 1. The van der Waals surface area contributed by atoms with Gasteiger partial charge in [-0.25, -0.2) is 0 Å². The lowest BCUT2D eigenvalue weighted by Gasteiger charge is -2.06. The van der Waals surface area contributed by atoms with E-state index in [4.69, 9.17) is 11.6 Å². The molecule has 0 aromatic heterocycles. The van der Waals surface area contributed by atoms with Crippen LogP contribution >= 0.6 is 27.5 Å². The van der Waals surface area contributed by atoms with Gasteiger partial charge in [0.1, 0.15) is 0 Å². The number of hydrogen-bond donors (Lipinski definition) is 1. The van der Waals surface area contributed by atoms with Gasteiger partial charge in [-0.1, -0.05) is 27.5 Å². The highest BCUT2D eigenvalue weighted by atomic mass is 79.9. The molecule has 20 heavy (non-hydrogen) atoms. The van der Waals surface area contributed by atoms with E-state index in [1.54, 1.807) is 42.5 Å². The van der Waals surface area contributed by atoms with Gasteiger partial charge in [-0.2, -0.15) is 0 Å². The number of benzene rings is 2. The first-order valence-electron chi connectivity index (χ1n) is 5.85. The molecule has 0 atom stereocenters. The highest BCUT2D eigenvalue weighted by Gasteiger charge is 2.13. The van der Waals surface area contributed by atoms with Crippen molar-refractivity contribution in [3.05, 3.63) is 63.1 Å². The predicted molar refractivity (Wildman–Crippen MR) is 83.3 cm³/mol. The topological polar surface area (TPSA) is 46.2 Å². The Kier molecular flexibility index (Phi) is 4.57. The second-order valence-corrected chi connectivity index (χ2v) is 5.50. The fourth-order valence-electron chi connectivity index (χ4n) is 1.74. The maximum Gasteiger partial charge on any atom is 0.221 e. The molecule has 2 aromatic rings. The molecule has 0 unspecified atom stereocenters. The van der Waals surface area contributed by atoms with Crippen LogP contribution < -0.4 is 5.32 Å². The molecule has 0 aliphatic heterocycles. The summed E-state index contributed by atoms with van der Waals surface area (Å²) in [6, 6.07) is 11.8. The molecule has 0 aliphatic rings. The first kappa shape index (κ1) is 14.8. The van der Waals surface area contributed by atoms with Crippen molar-refractivity contribution in [2.75, 3.05) is 5.32 Å². The number of halogens is 2. The average molecular weight is 353 g/mol. The Morgan fingerprint density at radius 3 is 2.35 bits per heavy atom. The van der Waals surface area contributed by atoms with Gasteiger partial charge in [0.2, 0.25) is 5.91 Å². The van der Waals surface area contributed by atoms with Gasteiger partial charge in [0.05, 0.1) is 0 Å². The molecule has 0 fully saturated rings. The lowest BCUT2D eigenvalue weighted by Crippen LogP contribution is -2.06. The lowest BCUT2D eigenvalue weighted by atomic mass is 10.0. The minimum Gasteiger partial charge on any atom is -0.326 e. The molecule has 2 rings (SSSR count). The quantitative estimate of drug-likeness (QED) is 0.838. The number of ketones is 1. The van der Waals surface area contributed by atoms with Crippen molar-refractivity contribution in [1.82, 2.24) is 0 Å². The van der Waals surface area contributed by atoms with Gasteiger partial charge < -0.3 is 5.32 Å². The summed E-state index contributed by atoms with van der Waals surface area (Å²) in [5, 5.41) is 3.16. The molecule has 1 N–H and O–H groups in total. The Balaban J connectivity index is 2.29. The first-order chi connectivity index (χ1) is 9.47. The normalized spacial score (nSPS) is 10.2. The number of carbonyl (C=O) groups is 2. The maximum atomic E-state index is 12.4. The molecular formula is C15H11BrClNO2. The molecule has 0 saturated heterocycles. The number of carbonyl (C=O) groups excluding carboxylic acids is 2. The van der Waals surface area contributed by atoms with Gasteiger partial charge >= 0.3 is 0 Å². The highest BCUT2D eigenvalue weighted by Crippen LogP contribution is 2.24. The van der Waals surface area contributed by atoms with Gasteiger partial charge in [0.25, 0.3) is 0 Å². The van der Waals surface area contributed by atoms with E-state index in [-0.39, 0.29) is 11.7 Å². The molecule has 0 saturated carbocycles. The molecule has 1 amide bonds. The van der Waals surface area contributed by atoms with E-state index in [2.05, 4.69) is 21.2 Å². The van der Waals surface area contributed by atoms with E-state index < -0.39 is 0 Å². The minimum atomic E-state index is -0.151. The van der Waals surface area contributed by atoms with E-state index in [1.807, 2.05) is 0 Å². The van der Waals surface area contributed by atoms with Crippen LogP contribution in [0, 0.1) is 0 Å². The van der Waals surface area contributed by atoms with Crippen LogP contribution in [0.5, 0.6) is 0 Å². The third kappa shape index (κ3) is 3.46. The summed E-state index contributed by atoms with van der Waals surface area (Å²) in [5.41, 5.74) is 1.69. The number of anilines is 1. The van der Waals surface area contributed by atoms with Gasteiger partial charge in [-0.15, -0.1) is 0 Å². The zero-order valence-corrected chi connectivity index (χ0v) is 13.0. The molecule has 0 aliphatic carbocycles. The van der Waals surface area contributed by atoms with Crippen LogP contribution in [0.2, 0.25) is 5.02 Å². The summed E-state index contributed by atoms with van der Waals surface area (Å²) in [6.07, 6.45) is 0. The van der Waals surface area contributed by atoms with E-state index in [0.717, 1.165) is 0 Å². The first-order valence-corrected chi connectivity index (χ1v) is 7.02. The molecule has 0 radical (unpaired) electrons. The predicted octanol–water partition coefficient (Wildman–Crippen LogP) is 4.29. The van der Waals surface area contributed by atoms with Crippen molar-refractivity contribution in [2.24, 2.45) is 0 Å². The molecule has 0 spiro atoms. The van der Waals surface area contributed by atoms with E-state index in [9.17, 15) is 9.59 Å². The zero-order chi connectivity index (χ0) is 14.7. The molecular weight excluding hydrogens is 342 g/mol. The summed E-state index contributed by atoms with van der Waals surface area (Å²) in [4.78, 5) is 23.3. The summed E-state index contributed by atoms with van der Waals surface area (Å²) >= 11 is 9.25. The van der Waals surface area contributed by atoms with E-state index >= 15 is 0 Å². The van der Waals surface area contributed by atoms with Crippen molar-refractivity contribution < 1.29 is 9.59 Å². The Labute approximate surface area is 130 Å². The van der Waals surface area contributed by atoms with Gasteiger partial charge in [-0.3, -0.25) is 9.59 Å². The molecule has 0 bridgehead atoms. The standard InChI is InChI=1S/C15H11BrClNO2/c1-9(19)18-12-5-2-10(3-6-12)15(20)13-8-11(17)4-7-14(13)16/h2-8H,1H3,(H,18,19). The van der Waals surface area contributed by atoms with E-state index in [1.165, 1.54) is 6.92 Å². The number of hydrogen-bond acceptors (Lipinski definition) is 2. The summed E-state index contributed by atoms with van der Waals surface area (Å²) in [6.45, 7) is 1.43. The Hall–Kier alpha value is -1.65. The number of amides is 1. The Bertz CT molecular complexity index is 668. The monoisotopic (exact) mass is 351 g/mol. The van der Waals surface area contributed by atoms with Crippen LogP contribution in [0.25, 0.3) is 0 Å². The van der Waals surface area contributed by atoms with Crippen molar-refractivity contribution in [2.45, 2.75) is 6.92 Å². The molecule has 5 heteroatoms. The minimum absolute atomic E-state index is 0.131. The molecule has 0 heterocycles. The van der Waals surface area contributed by atoms with Gasteiger partial charge in [0.15, 0.2) is 5.78 Å². The summed E-state index contributed by atoms with van der Waals surface area (Å²) in [7, 11) is 0. The van der Waals surface area contributed by atoms with Crippen LogP contribution in [-0.4, -0.2) is 11.7 Å². The zero-order valence-electron chi connectivity index (χ0n) is 10.6. The summed E-state index contributed by atoms with van der Waals surface area (Å²) < 4.78 is 0.692. The van der Waals surface area contributed by atoms with Crippen molar-refractivity contribution in [3.63, 3.8) is 0 Å². The third-order valence-electron chi connectivity index (χ3n) is 2.64. The van der Waals surface area contributed by atoms with Crippen LogP contribution in [0.3, 0.4) is 0 Å². The fourth-order valence-corrected chi connectivity index (χ4v) is 2.33. The van der Waals surface area contributed by atoms with Crippen molar-refractivity contribution in [1.29, 1.82) is 0 Å². The Morgan fingerprint density at radius 2 is 1.75 bits per heavy atom. The summed E-state index contributed by atoms with van der Waals surface area (Å²) in [5.74, 6) is -0.282. The molecule has 3 nitrogen and oxygen atoms in total. The molecule has 102 valence electrons. The SMILES string of the molecule is CC(=O)Nc1ccc(C(=O)c2cc(Cl)ccc2Br)cc1. The van der Waals surface area contributed by atoms with Crippen molar-refractivity contribution in [3.8, 4) is 0 Å². The van der Waals surface area contributed by atoms with Gasteiger partial charge in [-0.05, 0) is 42.5 Å².